The summed E-state index contributed by atoms with van der Waals surface area (Å²) in [5.41, 5.74) is 4.32. The first-order valence-corrected chi connectivity index (χ1v) is 32.2. The van der Waals surface area contributed by atoms with E-state index in [2.05, 4.69) is 96.7 Å². The molecule has 3 aromatic heterocycles. The largest absolute Gasteiger partial charge is 0.491 e. The summed E-state index contributed by atoms with van der Waals surface area (Å²) in [7, 11) is -4.65. The van der Waals surface area contributed by atoms with E-state index in [1.807, 2.05) is 43.6 Å². The van der Waals surface area contributed by atoms with Crippen molar-refractivity contribution in [1.29, 1.82) is 0 Å². The van der Waals surface area contributed by atoms with Crippen LogP contribution in [-0.4, -0.2) is 152 Å². The van der Waals surface area contributed by atoms with E-state index in [1.165, 1.54) is 23.4 Å². The average molecular weight is 1190 g/mol. The van der Waals surface area contributed by atoms with E-state index < -0.39 is 43.1 Å². The molecule has 1 amide bonds. The number of piperazine rings is 1. The topological polar surface area (TPSA) is 233 Å². The summed E-state index contributed by atoms with van der Waals surface area (Å²) in [5.74, 6) is 1.57. The Morgan fingerprint density at radius 3 is 2.48 bits per heavy atom. The summed E-state index contributed by atoms with van der Waals surface area (Å²) in [6.07, 6.45) is 10.8. The first kappa shape index (κ1) is 57.8. The van der Waals surface area contributed by atoms with Crippen molar-refractivity contribution in [3.8, 4) is 11.6 Å². The molecule has 86 heavy (non-hydrogen) atoms. The highest BCUT2D eigenvalue weighted by molar-refractivity contribution is 7.90. The van der Waals surface area contributed by atoms with Gasteiger partial charge in [0.1, 0.15) is 34.7 Å². The van der Waals surface area contributed by atoms with Crippen molar-refractivity contribution in [1.82, 2.24) is 24.6 Å². The van der Waals surface area contributed by atoms with Gasteiger partial charge in [-0.25, -0.2) is 18.1 Å². The maximum atomic E-state index is 14.9. The first-order chi connectivity index (χ1) is 41.5. The molecular formula is C64H79N11O10S. The van der Waals surface area contributed by atoms with Crippen LogP contribution in [-0.2, 0) is 19.5 Å². The number of H-pyrrole nitrogens is 1. The van der Waals surface area contributed by atoms with Gasteiger partial charge in [-0.3, -0.25) is 19.8 Å². The number of ether oxygens (including phenoxy) is 4. The van der Waals surface area contributed by atoms with Crippen LogP contribution in [0.1, 0.15) is 107 Å². The lowest BCUT2D eigenvalue weighted by molar-refractivity contribution is -0.384. The molecule has 6 aromatic rings. The van der Waals surface area contributed by atoms with Crippen LogP contribution in [0.15, 0.2) is 102 Å². The molecule has 7 aliphatic rings. The molecule has 13 rings (SSSR count). The minimum atomic E-state index is -4.65. The Labute approximate surface area is 502 Å². The maximum Gasteiger partial charge on any atom is 0.293 e. The molecule has 0 unspecified atom stereocenters. The maximum absolute atomic E-state index is 14.9. The van der Waals surface area contributed by atoms with E-state index >= 15 is 0 Å². The van der Waals surface area contributed by atoms with Gasteiger partial charge in [0.25, 0.3) is 21.6 Å². The molecule has 4 N–H and O–H groups in total. The van der Waals surface area contributed by atoms with Gasteiger partial charge in [0.15, 0.2) is 0 Å². The standard InChI is InChI=1S/C64H79N11O10S/c1-41(2)84-57-8-6-5-7-49(57)56-38-71(46-16-23-65-59(33-46)72-28-30-83-39-42(72)3)26-27-73(56)47-35-64(36-47)20-24-70(25-21-64)45-9-11-50(53(32-45)74-52-17-29-82-40-58(52)85-62-55(74)31-44-15-22-66-60(44)68-62)61(76)69-86(80,81)48-10-12-51(54(34-48)75(78)79)67-37-43-13-18-63(4,77)19-14-43/h5-12,15-16,22-23,31-34,41-43,47,52,56,58,67,77H,13-14,17-21,24-30,35-40H2,1-4H3,(H,66,68)(H,69,76)/t42-,43?,52+,56-,58+,63?/m1/s1. The fourth-order valence-corrected chi connectivity index (χ4v) is 15.5. The zero-order valence-electron chi connectivity index (χ0n) is 49.5. The number of anilines is 6. The highest BCUT2D eigenvalue weighted by Crippen LogP contribution is 2.54. The summed E-state index contributed by atoms with van der Waals surface area (Å²) in [6.45, 7) is 15.7. The number of aromatic amines is 1. The first-order valence-electron chi connectivity index (χ1n) is 30.8. The number of para-hydroxylation sites is 1. The van der Waals surface area contributed by atoms with Crippen molar-refractivity contribution < 1.29 is 42.2 Å². The minimum Gasteiger partial charge on any atom is -0.491 e. The highest BCUT2D eigenvalue weighted by atomic mass is 32.2. The molecule has 456 valence electrons. The van der Waals surface area contributed by atoms with Crippen LogP contribution in [0.4, 0.5) is 39.9 Å². The number of carbonyl (C=O) groups excluding carboxylic acids is 1. The molecule has 4 saturated heterocycles. The third kappa shape index (κ3) is 11.6. The number of hydrogen-bond donors (Lipinski definition) is 4. The van der Waals surface area contributed by atoms with Crippen molar-refractivity contribution in [2.75, 3.05) is 97.2 Å². The van der Waals surface area contributed by atoms with Gasteiger partial charge < -0.3 is 54.0 Å². The monoisotopic (exact) mass is 1190 g/mol. The quantitative estimate of drug-likeness (QED) is 0.0554. The van der Waals surface area contributed by atoms with Crippen molar-refractivity contribution in [3.05, 3.63) is 119 Å². The zero-order chi connectivity index (χ0) is 59.5. The lowest BCUT2D eigenvalue weighted by Crippen LogP contribution is -2.60. The van der Waals surface area contributed by atoms with E-state index in [4.69, 9.17) is 28.9 Å². The number of aliphatic hydroxyl groups is 1. The van der Waals surface area contributed by atoms with Gasteiger partial charge in [-0.1, -0.05) is 18.2 Å². The number of nitro groups is 1. The van der Waals surface area contributed by atoms with E-state index in [0.29, 0.717) is 74.6 Å². The Morgan fingerprint density at radius 1 is 0.895 bits per heavy atom. The van der Waals surface area contributed by atoms with Crippen molar-refractivity contribution in [2.24, 2.45) is 11.3 Å². The Morgan fingerprint density at radius 2 is 1.69 bits per heavy atom. The smallest absolute Gasteiger partial charge is 0.293 e. The van der Waals surface area contributed by atoms with Gasteiger partial charge in [0.05, 0.1) is 70.7 Å². The summed E-state index contributed by atoms with van der Waals surface area (Å²) < 4.78 is 55.8. The van der Waals surface area contributed by atoms with Crippen molar-refractivity contribution in [2.45, 2.75) is 132 Å². The number of amides is 1. The fraction of sp³-hybridized carbons (Fsp3) is 0.516. The van der Waals surface area contributed by atoms with E-state index in [-0.39, 0.29) is 53.4 Å². The van der Waals surface area contributed by atoms with E-state index in [1.54, 1.807) is 6.07 Å². The third-order valence-corrected chi connectivity index (χ3v) is 20.7. The second kappa shape index (κ2) is 23.5. The number of benzene rings is 3. The number of carbonyl (C=O) groups is 1. The highest BCUT2D eigenvalue weighted by Gasteiger charge is 2.51. The molecule has 5 aliphatic heterocycles. The molecule has 2 aliphatic carbocycles. The Balaban J connectivity index is 0.756. The third-order valence-electron chi connectivity index (χ3n) is 19.4. The van der Waals surface area contributed by atoms with Gasteiger partial charge in [-0.2, -0.15) is 4.98 Å². The second-order valence-corrected chi connectivity index (χ2v) is 27.2. The van der Waals surface area contributed by atoms with Crippen LogP contribution in [0.2, 0.25) is 0 Å². The Kier molecular flexibility index (Phi) is 15.8. The number of morpholine rings is 1. The van der Waals surface area contributed by atoms with Crippen LogP contribution in [0.25, 0.3) is 11.0 Å². The van der Waals surface area contributed by atoms with E-state index in [9.17, 15) is 28.4 Å². The van der Waals surface area contributed by atoms with Crippen molar-refractivity contribution in [3.63, 3.8) is 0 Å². The number of aromatic nitrogens is 3. The van der Waals surface area contributed by atoms with Gasteiger partial charge in [-0.05, 0) is 151 Å². The zero-order valence-corrected chi connectivity index (χ0v) is 50.3. The molecular weight excluding hydrogens is 1110 g/mol. The molecule has 4 atom stereocenters. The lowest BCUT2D eigenvalue weighted by Gasteiger charge is -2.58. The van der Waals surface area contributed by atoms with E-state index in [0.717, 1.165) is 107 Å². The average Bonchev–Trinajstić information content (AvgIpc) is 1.26. The number of rotatable bonds is 15. The number of nitro benzene ring substituents is 1. The molecule has 6 fully saturated rings. The van der Waals surface area contributed by atoms with Gasteiger partial charge >= 0.3 is 0 Å². The summed E-state index contributed by atoms with van der Waals surface area (Å²) in [5, 5.41) is 26.9. The fourth-order valence-electron chi connectivity index (χ4n) is 14.5. The number of fused-ring (bicyclic) bond motifs is 3. The Hall–Kier alpha value is -7.24. The van der Waals surface area contributed by atoms with Crippen LogP contribution in [0.5, 0.6) is 11.6 Å². The number of nitrogens with one attached hydrogen (secondary N) is 3. The second-order valence-electron chi connectivity index (χ2n) is 25.5. The Bertz CT molecular complexity index is 3590. The van der Waals surface area contributed by atoms with Crippen molar-refractivity contribution >= 4 is 66.9 Å². The van der Waals surface area contributed by atoms with Gasteiger partial charge in [-0.15, -0.1) is 0 Å². The minimum absolute atomic E-state index is 0.0279. The predicted octanol–water partition coefficient (Wildman–Crippen LogP) is 9.35. The molecule has 0 bridgehead atoms. The van der Waals surface area contributed by atoms with Crippen LogP contribution >= 0.6 is 0 Å². The predicted molar refractivity (Wildman–Crippen MR) is 330 cm³/mol. The van der Waals surface area contributed by atoms with Crippen LogP contribution in [0.3, 0.4) is 0 Å². The number of sulfonamides is 1. The van der Waals surface area contributed by atoms with Crippen LogP contribution in [0, 0.1) is 21.4 Å². The molecule has 3 aromatic carbocycles. The molecule has 21 nitrogen and oxygen atoms in total. The van der Waals surface area contributed by atoms with Gasteiger partial charge in [0.2, 0.25) is 5.88 Å². The number of nitrogens with zero attached hydrogens (tertiary/aromatic N) is 8. The van der Waals surface area contributed by atoms with Crippen LogP contribution < -0.4 is 39.1 Å². The molecule has 0 radical (unpaired) electrons. The van der Waals surface area contributed by atoms with Gasteiger partial charge in [0, 0.05) is 105 Å². The molecule has 2 saturated carbocycles. The lowest BCUT2D eigenvalue weighted by atomic mass is 9.59. The number of hydrogen-bond acceptors (Lipinski definition) is 18. The summed E-state index contributed by atoms with van der Waals surface area (Å²) in [4.78, 5) is 51.3. The normalized spacial score (nSPS) is 25.3. The molecule has 22 heteroatoms. The number of pyridine rings is 2. The summed E-state index contributed by atoms with van der Waals surface area (Å²) in [6, 6.07) is 26.5. The molecule has 8 heterocycles. The SMILES string of the molecule is CC(C)Oc1ccccc1[C@H]1CN(c2ccnc(N3CCOC[C@H]3C)c2)CCN1C1CC2(CCN(c3ccc(C(=O)NS(=O)(=O)c4ccc(NCC5CCC(C)(O)CC5)c([N+](=O)[O-])c4)c(N4c5cc6cc[nH]c6nc5O[C@H]5COCC[C@@H]54)c3)CC2)C1. The molecule has 1 spiro atoms. The number of piperidine rings is 1. The summed E-state index contributed by atoms with van der Waals surface area (Å²) >= 11 is 0.